The smallest absolute Gasteiger partial charge is 0.159 e. The van der Waals surface area contributed by atoms with Crippen molar-refractivity contribution in [2.75, 3.05) is 11.9 Å². The summed E-state index contributed by atoms with van der Waals surface area (Å²) in [4.78, 5) is 8.44. The lowest BCUT2D eigenvalue weighted by molar-refractivity contribution is 0.509. The summed E-state index contributed by atoms with van der Waals surface area (Å²) < 4.78 is 26.4. The molecule has 0 radical (unpaired) electrons. The maximum atomic E-state index is 13.4. The van der Waals surface area contributed by atoms with Gasteiger partial charge >= 0.3 is 0 Å². The predicted octanol–water partition coefficient (Wildman–Crippen LogP) is 3.81. The first kappa shape index (κ1) is 14.4. The lowest BCUT2D eigenvalue weighted by Crippen LogP contribution is -2.07. The molecule has 106 valence electrons. The van der Waals surface area contributed by atoms with Crippen LogP contribution in [0, 0.1) is 11.6 Å². The van der Waals surface area contributed by atoms with E-state index in [0.29, 0.717) is 17.7 Å². The summed E-state index contributed by atoms with van der Waals surface area (Å²) in [6.07, 6.45) is 3.13. The molecule has 0 spiro atoms. The van der Waals surface area contributed by atoms with E-state index in [0.717, 1.165) is 30.4 Å². The summed E-state index contributed by atoms with van der Waals surface area (Å²) in [7, 11) is 0. The SMILES string of the molecule is CCCNc1ncnc(-c2ccc(F)c(F)c2)c1CC. The van der Waals surface area contributed by atoms with Gasteiger partial charge in [0.25, 0.3) is 0 Å². The Morgan fingerprint density at radius 1 is 1.10 bits per heavy atom. The minimum Gasteiger partial charge on any atom is -0.370 e. The number of nitrogens with one attached hydrogen (secondary N) is 1. The van der Waals surface area contributed by atoms with Crippen molar-refractivity contribution in [3.05, 3.63) is 41.7 Å². The van der Waals surface area contributed by atoms with E-state index in [-0.39, 0.29) is 0 Å². The lowest BCUT2D eigenvalue weighted by Gasteiger charge is -2.13. The molecule has 0 unspecified atom stereocenters. The van der Waals surface area contributed by atoms with Crippen LogP contribution in [0.3, 0.4) is 0 Å². The van der Waals surface area contributed by atoms with Gasteiger partial charge in [-0.1, -0.05) is 13.8 Å². The number of halogens is 2. The second kappa shape index (κ2) is 6.41. The molecule has 3 nitrogen and oxygen atoms in total. The molecule has 0 aliphatic heterocycles. The zero-order chi connectivity index (χ0) is 14.5. The van der Waals surface area contributed by atoms with Crippen molar-refractivity contribution in [2.24, 2.45) is 0 Å². The second-order valence-electron chi connectivity index (χ2n) is 4.46. The Balaban J connectivity index is 2.47. The van der Waals surface area contributed by atoms with Crippen LogP contribution in [0.15, 0.2) is 24.5 Å². The first-order valence-corrected chi connectivity index (χ1v) is 6.70. The monoisotopic (exact) mass is 277 g/mol. The molecule has 0 bridgehead atoms. The molecule has 1 heterocycles. The van der Waals surface area contributed by atoms with E-state index < -0.39 is 11.6 Å². The number of benzene rings is 1. The van der Waals surface area contributed by atoms with Crippen molar-refractivity contribution in [3.8, 4) is 11.3 Å². The summed E-state index contributed by atoms with van der Waals surface area (Å²) in [5.41, 5.74) is 2.11. The van der Waals surface area contributed by atoms with Crippen molar-refractivity contribution in [1.29, 1.82) is 0 Å². The third kappa shape index (κ3) is 2.92. The van der Waals surface area contributed by atoms with Crippen LogP contribution in [0.5, 0.6) is 0 Å². The fraction of sp³-hybridized carbons (Fsp3) is 0.333. The average molecular weight is 277 g/mol. The van der Waals surface area contributed by atoms with E-state index in [4.69, 9.17) is 0 Å². The Bertz CT molecular complexity index is 600. The normalized spacial score (nSPS) is 10.6. The quantitative estimate of drug-likeness (QED) is 0.903. The largest absolute Gasteiger partial charge is 0.370 e. The summed E-state index contributed by atoms with van der Waals surface area (Å²) in [5, 5.41) is 3.23. The van der Waals surface area contributed by atoms with Crippen molar-refractivity contribution in [2.45, 2.75) is 26.7 Å². The minimum absolute atomic E-state index is 0.558. The van der Waals surface area contributed by atoms with Crippen LogP contribution in [-0.4, -0.2) is 16.5 Å². The Morgan fingerprint density at radius 2 is 1.90 bits per heavy atom. The molecule has 0 aliphatic carbocycles. The average Bonchev–Trinajstić information content (AvgIpc) is 2.47. The zero-order valence-corrected chi connectivity index (χ0v) is 11.6. The molecule has 0 atom stereocenters. The molecule has 20 heavy (non-hydrogen) atoms. The van der Waals surface area contributed by atoms with E-state index in [9.17, 15) is 8.78 Å². The van der Waals surface area contributed by atoms with Gasteiger partial charge in [0.2, 0.25) is 0 Å². The van der Waals surface area contributed by atoms with E-state index in [1.54, 1.807) is 0 Å². The van der Waals surface area contributed by atoms with Gasteiger partial charge in [0.1, 0.15) is 12.1 Å². The van der Waals surface area contributed by atoms with Gasteiger partial charge in [-0.2, -0.15) is 0 Å². The molecule has 1 aromatic carbocycles. The first-order chi connectivity index (χ1) is 9.67. The third-order valence-electron chi connectivity index (χ3n) is 3.03. The molecular formula is C15H17F2N3. The number of hydrogen-bond acceptors (Lipinski definition) is 3. The molecule has 2 rings (SSSR count). The van der Waals surface area contributed by atoms with Gasteiger partial charge in [-0.05, 0) is 31.0 Å². The van der Waals surface area contributed by atoms with Crippen LogP contribution in [0.2, 0.25) is 0 Å². The number of anilines is 1. The van der Waals surface area contributed by atoms with Gasteiger partial charge in [0.15, 0.2) is 11.6 Å². The van der Waals surface area contributed by atoms with Crippen LogP contribution >= 0.6 is 0 Å². The Labute approximate surface area is 117 Å². The molecule has 0 fully saturated rings. The van der Waals surface area contributed by atoms with Crippen LogP contribution in [0.1, 0.15) is 25.8 Å². The Hall–Kier alpha value is -2.04. The minimum atomic E-state index is -0.869. The van der Waals surface area contributed by atoms with E-state index in [1.807, 2.05) is 6.92 Å². The van der Waals surface area contributed by atoms with Crippen LogP contribution in [0.4, 0.5) is 14.6 Å². The summed E-state index contributed by atoms with van der Waals surface area (Å²) in [5.74, 6) is -0.972. The number of rotatable bonds is 5. The molecule has 1 N–H and O–H groups in total. The number of aromatic nitrogens is 2. The van der Waals surface area contributed by atoms with E-state index >= 15 is 0 Å². The predicted molar refractivity (Wildman–Crippen MR) is 75.5 cm³/mol. The maximum absolute atomic E-state index is 13.4. The van der Waals surface area contributed by atoms with Gasteiger partial charge in [-0.25, -0.2) is 18.7 Å². The van der Waals surface area contributed by atoms with Crippen molar-refractivity contribution >= 4 is 5.82 Å². The Morgan fingerprint density at radius 3 is 2.55 bits per heavy atom. The molecule has 5 heteroatoms. The van der Waals surface area contributed by atoms with Gasteiger partial charge < -0.3 is 5.32 Å². The number of hydrogen-bond donors (Lipinski definition) is 1. The highest BCUT2D eigenvalue weighted by Crippen LogP contribution is 2.27. The van der Waals surface area contributed by atoms with Crippen LogP contribution in [0.25, 0.3) is 11.3 Å². The first-order valence-electron chi connectivity index (χ1n) is 6.70. The summed E-state index contributed by atoms with van der Waals surface area (Å²) in [6, 6.07) is 3.81. The van der Waals surface area contributed by atoms with Crippen molar-refractivity contribution in [1.82, 2.24) is 9.97 Å². The van der Waals surface area contributed by atoms with Crippen molar-refractivity contribution in [3.63, 3.8) is 0 Å². The van der Waals surface area contributed by atoms with E-state index in [2.05, 4.69) is 22.2 Å². The Kier molecular flexibility index (Phi) is 4.61. The van der Waals surface area contributed by atoms with Crippen LogP contribution in [-0.2, 0) is 6.42 Å². The lowest BCUT2D eigenvalue weighted by atomic mass is 10.0. The van der Waals surface area contributed by atoms with Crippen molar-refractivity contribution < 1.29 is 8.78 Å². The zero-order valence-electron chi connectivity index (χ0n) is 11.6. The molecule has 0 amide bonds. The van der Waals surface area contributed by atoms with Gasteiger partial charge in [0.05, 0.1) is 5.69 Å². The van der Waals surface area contributed by atoms with Gasteiger partial charge in [0, 0.05) is 17.7 Å². The molecule has 1 aromatic heterocycles. The second-order valence-corrected chi connectivity index (χ2v) is 4.46. The fourth-order valence-electron chi connectivity index (χ4n) is 2.04. The molecule has 0 saturated carbocycles. The standard InChI is InChI=1S/C15H17F2N3/c1-3-7-18-15-11(4-2)14(19-9-20-15)10-5-6-12(16)13(17)8-10/h5-6,8-9H,3-4,7H2,1-2H3,(H,18,19,20). The maximum Gasteiger partial charge on any atom is 0.159 e. The summed E-state index contributed by atoms with van der Waals surface area (Å²) in [6.45, 7) is 4.86. The molecule has 2 aromatic rings. The highest BCUT2D eigenvalue weighted by Gasteiger charge is 2.13. The highest BCUT2D eigenvalue weighted by atomic mass is 19.2. The molecule has 0 saturated heterocycles. The van der Waals surface area contributed by atoms with Gasteiger partial charge in [-0.15, -0.1) is 0 Å². The van der Waals surface area contributed by atoms with E-state index in [1.165, 1.54) is 18.5 Å². The summed E-state index contributed by atoms with van der Waals surface area (Å²) >= 11 is 0. The third-order valence-corrected chi connectivity index (χ3v) is 3.03. The van der Waals surface area contributed by atoms with Crippen LogP contribution < -0.4 is 5.32 Å². The number of nitrogens with zero attached hydrogens (tertiary/aromatic N) is 2. The molecular weight excluding hydrogens is 260 g/mol. The highest BCUT2D eigenvalue weighted by molar-refractivity contribution is 5.68. The fourth-order valence-corrected chi connectivity index (χ4v) is 2.04. The topological polar surface area (TPSA) is 37.8 Å². The van der Waals surface area contributed by atoms with Gasteiger partial charge in [-0.3, -0.25) is 0 Å². The molecule has 0 aliphatic rings.